The van der Waals surface area contributed by atoms with Crippen LogP contribution in [0.5, 0.6) is 5.75 Å². The van der Waals surface area contributed by atoms with Crippen molar-refractivity contribution in [2.75, 3.05) is 13.2 Å². The van der Waals surface area contributed by atoms with Gasteiger partial charge in [0.05, 0.1) is 5.02 Å². The molecule has 0 spiro atoms. The molecule has 0 aliphatic carbocycles. The third kappa shape index (κ3) is 6.50. The Hall–Kier alpha value is -1.04. The van der Waals surface area contributed by atoms with Gasteiger partial charge in [-0.2, -0.15) is 0 Å². The Bertz CT molecular complexity index is 468. The van der Waals surface area contributed by atoms with Crippen LogP contribution in [0.2, 0.25) is 5.02 Å². The highest BCUT2D eigenvalue weighted by atomic mass is 35.5. The quantitative estimate of drug-likeness (QED) is 0.803. The van der Waals surface area contributed by atoms with Crippen molar-refractivity contribution in [2.24, 2.45) is 5.73 Å². The average Bonchev–Trinajstić information content (AvgIpc) is 2.46. The maximum Gasteiger partial charge on any atom is 0.258 e. The Kier molecular flexibility index (Phi) is 8.63. The third-order valence-electron chi connectivity index (χ3n) is 3.31. The fourth-order valence-electron chi connectivity index (χ4n) is 1.54. The fraction of sp³-hybridized carbons (Fsp3) is 0.500. The third-order valence-corrected chi connectivity index (χ3v) is 3.60. The molecule has 1 aromatic rings. The number of rotatable bonds is 7. The number of ether oxygens (including phenoxy) is 1. The molecular formula is C14H21Cl2FN2O2. The summed E-state index contributed by atoms with van der Waals surface area (Å²) in [7, 11) is 0. The molecule has 0 bridgehead atoms. The Morgan fingerprint density at radius 1 is 1.43 bits per heavy atom. The summed E-state index contributed by atoms with van der Waals surface area (Å²) in [5.74, 6) is -0.457. The van der Waals surface area contributed by atoms with Gasteiger partial charge in [0.1, 0.15) is 11.6 Å². The van der Waals surface area contributed by atoms with Gasteiger partial charge in [0.15, 0.2) is 6.61 Å². The van der Waals surface area contributed by atoms with E-state index in [-0.39, 0.29) is 29.9 Å². The molecule has 3 N–H and O–H groups in total. The average molecular weight is 339 g/mol. The number of carbonyl (C=O) groups excluding carboxylic acids is 1. The van der Waals surface area contributed by atoms with Crippen LogP contribution >= 0.6 is 24.0 Å². The number of hydrogen-bond acceptors (Lipinski definition) is 3. The van der Waals surface area contributed by atoms with Crippen LogP contribution in [0.1, 0.15) is 26.7 Å². The largest absolute Gasteiger partial charge is 0.484 e. The summed E-state index contributed by atoms with van der Waals surface area (Å²) in [5.41, 5.74) is 5.68. The van der Waals surface area contributed by atoms with Gasteiger partial charge in [-0.15, -0.1) is 12.4 Å². The lowest BCUT2D eigenvalue weighted by atomic mass is 9.94. The molecule has 0 unspecified atom stereocenters. The van der Waals surface area contributed by atoms with E-state index >= 15 is 0 Å². The standard InChI is InChI=1S/C14H20ClFN2O2.ClH/c1-3-14(17,4-2)9-18-13(19)8-20-10-5-6-12(16)11(15)7-10;/h5-7H,3-4,8-9,17H2,1-2H3,(H,18,19);1H. The van der Waals surface area contributed by atoms with Crippen molar-refractivity contribution >= 4 is 29.9 Å². The van der Waals surface area contributed by atoms with E-state index < -0.39 is 11.4 Å². The van der Waals surface area contributed by atoms with Gasteiger partial charge in [-0.3, -0.25) is 4.79 Å². The zero-order valence-electron chi connectivity index (χ0n) is 12.1. The molecule has 0 saturated carbocycles. The summed E-state index contributed by atoms with van der Waals surface area (Å²) < 4.78 is 18.2. The number of nitrogens with two attached hydrogens (primary N) is 1. The summed E-state index contributed by atoms with van der Waals surface area (Å²) in [4.78, 5) is 11.6. The van der Waals surface area contributed by atoms with Crippen LogP contribution in [0.15, 0.2) is 18.2 Å². The molecule has 120 valence electrons. The first-order chi connectivity index (χ1) is 9.40. The van der Waals surface area contributed by atoms with Crippen molar-refractivity contribution < 1.29 is 13.9 Å². The Balaban J connectivity index is 0.00000400. The molecule has 1 amide bonds. The molecule has 0 heterocycles. The van der Waals surface area contributed by atoms with Gasteiger partial charge in [0, 0.05) is 18.2 Å². The second-order valence-electron chi connectivity index (χ2n) is 4.71. The number of benzene rings is 1. The highest BCUT2D eigenvalue weighted by Crippen LogP contribution is 2.20. The SMILES string of the molecule is CCC(N)(CC)CNC(=O)COc1ccc(F)c(Cl)c1.Cl. The topological polar surface area (TPSA) is 64.3 Å². The molecule has 7 heteroatoms. The lowest BCUT2D eigenvalue weighted by molar-refractivity contribution is -0.123. The van der Waals surface area contributed by atoms with Crippen LogP contribution in [0, 0.1) is 5.82 Å². The monoisotopic (exact) mass is 338 g/mol. The zero-order valence-corrected chi connectivity index (χ0v) is 13.7. The van der Waals surface area contributed by atoms with E-state index in [0.717, 1.165) is 12.8 Å². The maximum absolute atomic E-state index is 12.9. The van der Waals surface area contributed by atoms with Gasteiger partial charge in [-0.25, -0.2) is 4.39 Å². The molecule has 4 nitrogen and oxygen atoms in total. The van der Waals surface area contributed by atoms with E-state index in [0.29, 0.717) is 12.3 Å². The van der Waals surface area contributed by atoms with Gasteiger partial charge in [-0.05, 0) is 25.0 Å². The van der Waals surface area contributed by atoms with E-state index in [1.165, 1.54) is 18.2 Å². The highest BCUT2D eigenvalue weighted by Gasteiger charge is 2.20. The summed E-state index contributed by atoms with van der Waals surface area (Å²) in [5, 5.41) is 2.68. The Morgan fingerprint density at radius 3 is 2.57 bits per heavy atom. The summed E-state index contributed by atoms with van der Waals surface area (Å²) in [6.07, 6.45) is 1.55. The van der Waals surface area contributed by atoms with Crippen molar-refractivity contribution in [1.29, 1.82) is 0 Å². The minimum absolute atomic E-state index is 0. The molecule has 21 heavy (non-hydrogen) atoms. The second-order valence-corrected chi connectivity index (χ2v) is 5.12. The van der Waals surface area contributed by atoms with Crippen molar-refractivity contribution in [3.05, 3.63) is 29.0 Å². The predicted molar refractivity (Wildman–Crippen MR) is 84.7 cm³/mol. The maximum atomic E-state index is 12.9. The van der Waals surface area contributed by atoms with E-state index in [1.807, 2.05) is 13.8 Å². The van der Waals surface area contributed by atoms with Crippen molar-refractivity contribution in [3.8, 4) is 5.75 Å². The van der Waals surface area contributed by atoms with Crippen LogP contribution in [0.3, 0.4) is 0 Å². The van der Waals surface area contributed by atoms with Gasteiger partial charge < -0.3 is 15.8 Å². The number of nitrogens with one attached hydrogen (secondary N) is 1. The number of hydrogen-bond donors (Lipinski definition) is 2. The summed E-state index contributed by atoms with van der Waals surface area (Å²) >= 11 is 5.62. The van der Waals surface area contributed by atoms with Crippen LogP contribution in [0.4, 0.5) is 4.39 Å². The van der Waals surface area contributed by atoms with E-state index in [4.69, 9.17) is 22.1 Å². The lowest BCUT2D eigenvalue weighted by Gasteiger charge is -2.26. The van der Waals surface area contributed by atoms with E-state index in [2.05, 4.69) is 5.32 Å². The van der Waals surface area contributed by atoms with Crippen molar-refractivity contribution in [3.63, 3.8) is 0 Å². The first kappa shape index (κ1) is 20.0. The predicted octanol–water partition coefficient (Wildman–Crippen LogP) is 2.91. The number of carbonyl (C=O) groups is 1. The molecule has 0 saturated heterocycles. The Morgan fingerprint density at radius 2 is 2.05 bits per heavy atom. The molecule has 0 aliphatic heterocycles. The van der Waals surface area contributed by atoms with E-state index in [1.54, 1.807) is 0 Å². The molecule has 0 atom stereocenters. The first-order valence-corrected chi connectivity index (χ1v) is 6.91. The van der Waals surface area contributed by atoms with E-state index in [9.17, 15) is 9.18 Å². The molecule has 0 fully saturated rings. The zero-order chi connectivity index (χ0) is 15.2. The van der Waals surface area contributed by atoms with Gasteiger partial charge >= 0.3 is 0 Å². The van der Waals surface area contributed by atoms with Crippen molar-refractivity contribution in [2.45, 2.75) is 32.2 Å². The van der Waals surface area contributed by atoms with Gasteiger partial charge in [0.25, 0.3) is 5.91 Å². The number of halogens is 3. The molecule has 0 aromatic heterocycles. The van der Waals surface area contributed by atoms with Crippen molar-refractivity contribution in [1.82, 2.24) is 5.32 Å². The first-order valence-electron chi connectivity index (χ1n) is 6.53. The molecule has 1 aromatic carbocycles. The van der Waals surface area contributed by atoms with Crippen LogP contribution in [0.25, 0.3) is 0 Å². The second kappa shape index (κ2) is 9.07. The van der Waals surface area contributed by atoms with Crippen LogP contribution in [-0.2, 0) is 4.79 Å². The van der Waals surface area contributed by atoms with Gasteiger partial charge in [0.2, 0.25) is 0 Å². The van der Waals surface area contributed by atoms with Crippen LogP contribution in [-0.4, -0.2) is 24.6 Å². The fourth-order valence-corrected chi connectivity index (χ4v) is 1.71. The van der Waals surface area contributed by atoms with Gasteiger partial charge in [-0.1, -0.05) is 25.4 Å². The lowest BCUT2D eigenvalue weighted by Crippen LogP contribution is -2.50. The van der Waals surface area contributed by atoms with Crippen LogP contribution < -0.4 is 15.8 Å². The minimum Gasteiger partial charge on any atom is -0.484 e. The summed E-state index contributed by atoms with van der Waals surface area (Å²) in [6.45, 7) is 4.19. The minimum atomic E-state index is -0.526. The molecule has 0 aliphatic rings. The highest BCUT2D eigenvalue weighted by molar-refractivity contribution is 6.30. The number of amides is 1. The Labute approximate surface area is 135 Å². The molecule has 1 rings (SSSR count). The smallest absolute Gasteiger partial charge is 0.258 e. The summed E-state index contributed by atoms with van der Waals surface area (Å²) in [6, 6.07) is 3.93. The molecular weight excluding hydrogens is 318 g/mol. The molecule has 0 radical (unpaired) electrons. The normalized spacial score (nSPS) is 10.7.